The van der Waals surface area contributed by atoms with Crippen LogP contribution in [0.15, 0.2) is 72.8 Å². The molecule has 5 nitrogen and oxygen atoms in total. The zero-order valence-corrected chi connectivity index (χ0v) is 14.6. The molecule has 0 saturated heterocycles. The topological polar surface area (TPSA) is 96.1 Å². The van der Waals surface area contributed by atoms with Gasteiger partial charge in [0.05, 0.1) is 0 Å². The Hall–Kier alpha value is -2.28. The molecule has 2 aromatic carbocycles. The summed E-state index contributed by atoms with van der Waals surface area (Å²) < 4.78 is 36.3. The van der Waals surface area contributed by atoms with Crippen LogP contribution in [0, 0.1) is 24.1 Å². The molecule has 0 spiro atoms. The van der Waals surface area contributed by atoms with Gasteiger partial charge in [-0.1, -0.05) is 48.5 Å². The molecule has 0 atom stereocenters. The van der Waals surface area contributed by atoms with E-state index >= 15 is 0 Å². The van der Waals surface area contributed by atoms with Crippen LogP contribution in [0.5, 0.6) is 0 Å². The van der Waals surface area contributed by atoms with Crippen molar-refractivity contribution in [3.63, 3.8) is 0 Å². The largest absolute Gasteiger partial charge is 0.222 e. The van der Waals surface area contributed by atoms with Gasteiger partial charge in [0.15, 0.2) is 11.4 Å². The molecule has 0 amide bonds. The van der Waals surface area contributed by atoms with Crippen molar-refractivity contribution in [3.8, 4) is 16.8 Å². The summed E-state index contributed by atoms with van der Waals surface area (Å²) >= 11 is 0. The van der Waals surface area contributed by atoms with E-state index in [9.17, 15) is 0 Å². The monoisotopic (exact) mass is 359 g/mol. The minimum Gasteiger partial charge on any atom is -0.222 e. The van der Waals surface area contributed by atoms with Gasteiger partial charge in [-0.15, -0.1) is 10.2 Å². The van der Waals surface area contributed by atoms with Crippen molar-refractivity contribution in [2.75, 3.05) is 0 Å². The van der Waals surface area contributed by atoms with Crippen LogP contribution in [-0.2, 0) is 0 Å². The number of aromatic nitrogens is 1. The second kappa shape index (κ2) is 8.20. The van der Waals surface area contributed by atoms with Crippen molar-refractivity contribution in [2.24, 2.45) is 0 Å². The van der Waals surface area contributed by atoms with Gasteiger partial charge in [0.2, 0.25) is 5.69 Å². The Kier molecular flexibility index (Phi) is 6.25. The summed E-state index contributed by atoms with van der Waals surface area (Å²) in [5.41, 5.74) is 6.24. The molecule has 3 aromatic rings. The van der Waals surface area contributed by atoms with Crippen LogP contribution in [0.4, 0.5) is 0 Å². The highest BCUT2D eigenvalue weighted by Gasteiger charge is 2.15. The standard InChI is InChI=1S/C19H18N.ClHO4/c1-15-13-18(17-9-5-3-6-10-17)14-16(2)20(15)19-11-7-4-8-12-19;2-1(3,4)5/h3-14H,1-2H3;(H,2,3,4,5)/q+1;/p-1. The number of benzene rings is 2. The van der Waals surface area contributed by atoms with Gasteiger partial charge >= 0.3 is 0 Å². The first-order chi connectivity index (χ1) is 11.8. The SMILES string of the molecule is Cc1cc(-c2ccccc2)cc(C)[n+]1-c1ccccc1.[O-][Cl+3]([O-])([O-])[O-]. The Labute approximate surface area is 148 Å². The summed E-state index contributed by atoms with van der Waals surface area (Å²) in [6, 6.07) is 25.5. The average Bonchev–Trinajstić information content (AvgIpc) is 2.54. The van der Waals surface area contributed by atoms with Crippen LogP contribution >= 0.6 is 0 Å². The number of hydrogen-bond donors (Lipinski definition) is 0. The highest BCUT2D eigenvalue weighted by molar-refractivity contribution is 5.63. The van der Waals surface area contributed by atoms with E-state index in [0.717, 1.165) is 0 Å². The first kappa shape index (κ1) is 19.1. The Bertz CT molecular complexity index is 789. The summed E-state index contributed by atoms with van der Waals surface area (Å²) in [6.45, 7) is 4.32. The fourth-order valence-corrected chi connectivity index (χ4v) is 2.68. The maximum atomic E-state index is 8.49. The van der Waals surface area contributed by atoms with Crippen molar-refractivity contribution in [1.29, 1.82) is 0 Å². The zero-order valence-electron chi connectivity index (χ0n) is 13.9. The van der Waals surface area contributed by atoms with Crippen LogP contribution in [-0.4, -0.2) is 0 Å². The first-order valence-electron chi connectivity index (χ1n) is 7.51. The molecular weight excluding hydrogens is 342 g/mol. The second-order valence-corrected chi connectivity index (χ2v) is 6.20. The average molecular weight is 360 g/mol. The number of nitrogens with zero attached hydrogens (tertiary/aromatic N) is 1. The van der Waals surface area contributed by atoms with E-state index in [0.29, 0.717) is 0 Å². The third-order valence-electron chi connectivity index (χ3n) is 3.56. The molecule has 0 unspecified atom stereocenters. The normalized spacial score (nSPS) is 10.8. The van der Waals surface area contributed by atoms with E-state index in [4.69, 9.17) is 18.6 Å². The highest BCUT2D eigenvalue weighted by atomic mass is 35.7. The van der Waals surface area contributed by atoms with E-state index in [1.807, 2.05) is 6.07 Å². The first-order valence-corrected chi connectivity index (χ1v) is 8.75. The van der Waals surface area contributed by atoms with Crippen LogP contribution < -0.4 is 23.2 Å². The van der Waals surface area contributed by atoms with Crippen molar-refractivity contribution in [3.05, 3.63) is 84.2 Å². The Balaban J connectivity index is 0.000000399. The van der Waals surface area contributed by atoms with Gasteiger partial charge in [0.1, 0.15) is 0 Å². The van der Waals surface area contributed by atoms with E-state index < -0.39 is 10.2 Å². The van der Waals surface area contributed by atoms with Gasteiger partial charge in [-0.25, -0.2) is 18.6 Å². The maximum absolute atomic E-state index is 8.49. The van der Waals surface area contributed by atoms with Gasteiger partial charge in [-0.05, 0) is 11.1 Å². The quantitative estimate of drug-likeness (QED) is 0.576. The zero-order chi connectivity index (χ0) is 18.4. The van der Waals surface area contributed by atoms with Crippen LogP contribution in [0.1, 0.15) is 11.4 Å². The lowest BCUT2D eigenvalue weighted by molar-refractivity contribution is -2.00. The molecular formula is C19H18ClNO4. The van der Waals surface area contributed by atoms with Gasteiger partial charge in [-0.2, -0.15) is 4.57 Å². The molecule has 0 radical (unpaired) electrons. The lowest BCUT2D eigenvalue weighted by Gasteiger charge is -2.17. The third kappa shape index (κ3) is 5.94. The van der Waals surface area contributed by atoms with E-state index in [1.165, 1.54) is 28.2 Å². The van der Waals surface area contributed by atoms with E-state index in [2.05, 4.69) is 85.1 Å². The van der Waals surface area contributed by atoms with Crippen molar-refractivity contribution < 1.29 is 33.4 Å². The smallest absolute Gasteiger partial charge is 0.211 e. The predicted molar refractivity (Wildman–Crippen MR) is 82.9 cm³/mol. The second-order valence-electron chi connectivity index (χ2n) is 5.44. The van der Waals surface area contributed by atoms with Gasteiger partial charge in [0, 0.05) is 38.1 Å². The molecule has 0 saturated carbocycles. The third-order valence-corrected chi connectivity index (χ3v) is 3.56. The molecule has 130 valence electrons. The minimum atomic E-state index is -4.94. The van der Waals surface area contributed by atoms with E-state index in [-0.39, 0.29) is 0 Å². The summed E-state index contributed by atoms with van der Waals surface area (Å²) in [6.07, 6.45) is 0. The maximum Gasteiger partial charge on any atom is 0.211 e. The van der Waals surface area contributed by atoms with Crippen molar-refractivity contribution in [1.82, 2.24) is 0 Å². The van der Waals surface area contributed by atoms with Crippen LogP contribution in [0.3, 0.4) is 0 Å². The van der Waals surface area contributed by atoms with Gasteiger partial charge < -0.3 is 0 Å². The number of halogens is 1. The Morgan fingerprint density at radius 3 is 1.48 bits per heavy atom. The molecule has 1 heterocycles. The molecule has 0 aliphatic heterocycles. The summed E-state index contributed by atoms with van der Waals surface area (Å²) in [5, 5.41) is 0. The Morgan fingerprint density at radius 2 is 1.04 bits per heavy atom. The molecule has 0 fully saturated rings. The number of rotatable bonds is 2. The predicted octanol–water partition coefficient (Wildman–Crippen LogP) is -0.509. The number of aryl methyl sites for hydroxylation is 2. The molecule has 6 heteroatoms. The molecule has 0 bridgehead atoms. The Morgan fingerprint density at radius 1 is 0.640 bits per heavy atom. The fraction of sp³-hybridized carbons (Fsp3) is 0.105. The highest BCUT2D eigenvalue weighted by Crippen LogP contribution is 2.20. The van der Waals surface area contributed by atoms with Crippen molar-refractivity contribution in [2.45, 2.75) is 13.8 Å². The van der Waals surface area contributed by atoms with E-state index in [1.54, 1.807) is 0 Å². The van der Waals surface area contributed by atoms with Crippen LogP contribution in [0.25, 0.3) is 16.8 Å². The molecule has 3 rings (SSSR count). The molecule has 1 aromatic heterocycles. The lowest BCUT2D eigenvalue weighted by Crippen LogP contribution is -2.68. The number of para-hydroxylation sites is 1. The summed E-state index contributed by atoms with van der Waals surface area (Å²) in [7, 11) is -4.94. The summed E-state index contributed by atoms with van der Waals surface area (Å²) in [5.74, 6) is 0. The molecule has 0 aliphatic carbocycles. The number of hydrogen-bond acceptors (Lipinski definition) is 4. The fourth-order valence-electron chi connectivity index (χ4n) is 2.68. The van der Waals surface area contributed by atoms with Gasteiger partial charge in [0.25, 0.3) is 0 Å². The minimum absolute atomic E-state index is 1.21. The molecule has 25 heavy (non-hydrogen) atoms. The van der Waals surface area contributed by atoms with Crippen molar-refractivity contribution >= 4 is 0 Å². The molecule has 0 aliphatic rings. The molecule has 0 N–H and O–H groups in total. The number of pyridine rings is 1. The lowest BCUT2D eigenvalue weighted by atomic mass is 10.0. The summed E-state index contributed by atoms with van der Waals surface area (Å²) in [4.78, 5) is 0. The van der Waals surface area contributed by atoms with Gasteiger partial charge in [-0.3, -0.25) is 0 Å². The van der Waals surface area contributed by atoms with Crippen LogP contribution in [0.2, 0.25) is 0 Å².